The van der Waals surface area contributed by atoms with Crippen molar-refractivity contribution in [3.8, 4) is 0 Å². The molecule has 0 radical (unpaired) electrons. The Morgan fingerprint density at radius 2 is 1.68 bits per heavy atom. The lowest BCUT2D eigenvalue weighted by atomic mass is 10.1. The van der Waals surface area contributed by atoms with Crippen LogP contribution in [0.1, 0.15) is 32.4 Å². The Morgan fingerprint density at radius 1 is 1.07 bits per heavy atom. The predicted molar refractivity (Wildman–Crippen MR) is 113 cm³/mol. The van der Waals surface area contributed by atoms with Crippen molar-refractivity contribution in [1.82, 2.24) is 9.62 Å². The topological polar surface area (TPSA) is 78.5 Å². The number of benzene rings is 2. The molecule has 1 atom stereocenters. The molecule has 2 aromatic carbocycles. The molecule has 28 heavy (non-hydrogen) atoms. The van der Waals surface area contributed by atoms with Gasteiger partial charge in [-0.2, -0.15) is 4.31 Å². The molecule has 2 N–H and O–H groups in total. The molecule has 0 saturated heterocycles. The highest BCUT2D eigenvalue weighted by molar-refractivity contribution is 7.89. The maximum Gasteiger partial charge on any atom is 0.243 e. The van der Waals surface area contributed by atoms with Crippen LogP contribution in [0.2, 0.25) is 5.02 Å². The average molecular weight is 424 g/mol. The smallest absolute Gasteiger partial charge is 0.243 e. The van der Waals surface area contributed by atoms with Gasteiger partial charge in [0.15, 0.2) is 0 Å². The van der Waals surface area contributed by atoms with Gasteiger partial charge >= 0.3 is 0 Å². The van der Waals surface area contributed by atoms with E-state index in [2.05, 4.69) is 10.6 Å². The number of halogens is 1. The molecule has 0 aliphatic rings. The van der Waals surface area contributed by atoms with Crippen molar-refractivity contribution in [2.75, 3.05) is 18.9 Å². The second-order valence-corrected chi connectivity index (χ2v) is 9.22. The molecule has 0 aliphatic heterocycles. The minimum atomic E-state index is -3.54. The van der Waals surface area contributed by atoms with Crippen LogP contribution in [-0.2, 0) is 14.8 Å². The Labute approximate surface area is 171 Å². The second-order valence-electron chi connectivity index (χ2n) is 6.81. The standard InChI is InChI=1S/C20H26ClN3O3S/c1-14(2)24(4)28(26,27)17-11-9-16(10-12-17)23-20(25)13-22-15(3)18-7-5-6-8-19(18)21/h5-12,14-15,22H,13H2,1-4H3,(H,23,25)/t15-/m1/s1. The first-order valence-electron chi connectivity index (χ1n) is 8.98. The van der Waals surface area contributed by atoms with Crippen LogP contribution in [-0.4, -0.2) is 38.3 Å². The summed E-state index contributed by atoms with van der Waals surface area (Å²) in [4.78, 5) is 12.4. The number of anilines is 1. The fraction of sp³-hybridized carbons (Fsp3) is 0.350. The van der Waals surface area contributed by atoms with Crippen LogP contribution < -0.4 is 10.6 Å². The molecule has 0 spiro atoms. The van der Waals surface area contributed by atoms with Crippen LogP contribution in [0.15, 0.2) is 53.4 Å². The van der Waals surface area contributed by atoms with E-state index in [1.807, 2.05) is 45.0 Å². The highest BCUT2D eigenvalue weighted by Gasteiger charge is 2.22. The molecule has 0 aromatic heterocycles. The third-order valence-corrected chi connectivity index (χ3v) is 6.87. The molecule has 152 valence electrons. The second kappa shape index (κ2) is 9.52. The summed E-state index contributed by atoms with van der Waals surface area (Å²) in [5.74, 6) is -0.228. The first-order valence-corrected chi connectivity index (χ1v) is 10.8. The third kappa shape index (κ3) is 5.54. The van der Waals surface area contributed by atoms with Crippen molar-refractivity contribution < 1.29 is 13.2 Å². The normalized spacial score (nSPS) is 13.0. The molecule has 0 saturated carbocycles. The van der Waals surface area contributed by atoms with Crippen molar-refractivity contribution in [3.05, 3.63) is 59.1 Å². The van der Waals surface area contributed by atoms with Crippen LogP contribution in [0.4, 0.5) is 5.69 Å². The number of nitrogens with one attached hydrogen (secondary N) is 2. The zero-order chi connectivity index (χ0) is 20.9. The molecule has 8 heteroatoms. The van der Waals surface area contributed by atoms with E-state index in [1.165, 1.54) is 16.4 Å². The van der Waals surface area contributed by atoms with Crippen LogP contribution in [0.5, 0.6) is 0 Å². The van der Waals surface area contributed by atoms with E-state index in [0.29, 0.717) is 10.7 Å². The molecule has 0 heterocycles. The molecule has 0 aliphatic carbocycles. The lowest BCUT2D eigenvalue weighted by Gasteiger charge is -2.21. The Morgan fingerprint density at radius 3 is 2.25 bits per heavy atom. The molecular formula is C20H26ClN3O3S. The summed E-state index contributed by atoms with van der Waals surface area (Å²) in [5, 5.41) is 6.52. The number of amides is 1. The van der Waals surface area contributed by atoms with Gasteiger partial charge in [0, 0.05) is 29.8 Å². The lowest BCUT2D eigenvalue weighted by molar-refractivity contribution is -0.115. The van der Waals surface area contributed by atoms with Gasteiger partial charge in [0.1, 0.15) is 0 Å². The molecule has 0 bridgehead atoms. The number of carbonyl (C=O) groups is 1. The summed E-state index contributed by atoms with van der Waals surface area (Å²) in [5.41, 5.74) is 1.45. The maximum absolute atomic E-state index is 12.5. The lowest BCUT2D eigenvalue weighted by Crippen LogP contribution is -2.33. The highest BCUT2D eigenvalue weighted by Crippen LogP contribution is 2.22. The zero-order valence-electron chi connectivity index (χ0n) is 16.4. The van der Waals surface area contributed by atoms with Gasteiger partial charge in [-0.3, -0.25) is 4.79 Å². The van der Waals surface area contributed by atoms with Crippen LogP contribution in [0, 0.1) is 0 Å². The maximum atomic E-state index is 12.5. The predicted octanol–water partition coefficient (Wildman–Crippen LogP) is 3.66. The molecular weight excluding hydrogens is 398 g/mol. The Bertz CT molecular complexity index is 915. The third-order valence-electron chi connectivity index (χ3n) is 4.48. The number of sulfonamides is 1. The van der Waals surface area contributed by atoms with E-state index in [4.69, 9.17) is 11.6 Å². The molecule has 0 fully saturated rings. The van der Waals surface area contributed by atoms with E-state index in [0.717, 1.165) is 5.56 Å². The van der Waals surface area contributed by atoms with Gasteiger partial charge in [0.05, 0.1) is 11.4 Å². The summed E-state index contributed by atoms with van der Waals surface area (Å²) in [6, 6.07) is 13.4. The van der Waals surface area contributed by atoms with Crippen molar-refractivity contribution in [2.24, 2.45) is 0 Å². The quantitative estimate of drug-likeness (QED) is 0.679. The summed E-state index contributed by atoms with van der Waals surface area (Å²) in [6.07, 6.45) is 0. The van der Waals surface area contributed by atoms with E-state index in [-0.39, 0.29) is 29.4 Å². The highest BCUT2D eigenvalue weighted by atomic mass is 35.5. The van der Waals surface area contributed by atoms with E-state index >= 15 is 0 Å². The van der Waals surface area contributed by atoms with Crippen molar-refractivity contribution in [1.29, 1.82) is 0 Å². The summed E-state index contributed by atoms with van der Waals surface area (Å²) in [7, 11) is -2.00. The minimum Gasteiger partial charge on any atom is -0.325 e. The monoisotopic (exact) mass is 423 g/mol. The fourth-order valence-electron chi connectivity index (χ4n) is 2.54. The number of hydrogen-bond acceptors (Lipinski definition) is 4. The number of carbonyl (C=O) groups excluding carboxylic acids is 1. The van der Waals surface area contributed by atoms with Gasteiger partial charge in [-0.15, -0.1) is 0 Å². The van der Waals surface area contributed by atoms with Crippen molar-refractivity contribution >= 4 is 33.2 Å². The molecule has 2 rings (SSSR count). The number of nitrogens with zero attached hydrogens (tertiary/aromatic N) is 1. The van der Waals surface area contributed by atoms with Gasteiger partial charge in [-0.05, 0) is 56.7 Å². The molecule has 6 nitrogen and oxygen atoms in total. The Hall–Kier alpha value is -1.93. The summed E-state index contributed by atoms with van der Waals surface area (Å²) < 4.78 is 26.2. The first-order chi connectivity index (χ1) is 13.1. The molecule has 2 aromatic rings. The SMILES string of the molecule is CC(C)N(C)S(=O)(=O)c1ccc(NC(=O)CN[C@H](C)c2ccccc2Cl)cc1. The van der Waals surface area contributed by atoms with Gasteiger partial charge < -0.3 is 10.6 Å². The number of rotatable bonds is 8. The zero-order valence-corrected chi connectivity index (χ0v) is 18.0. The van der Waals surface area contributed by atoms with E-state index in [1.54, 1.807) is 19.2 Å². The van der Waals surface area contributed by atoms with Crippen molar-refractivity contribution in [2.45, 2.75) is 37.8 Å². The van der Waals surface area contributed by atoms with Crippen molar-refractivity contribution in [3.63, 3.8) is 0 Å². The summed E-state index contributed by atoms with van der Waals surface area (Å²) in [6.45, 7) is 5.65. The fourth-order valence-corrected chi connectivity index (χ4v) is 4.21. The Kier molecular flexibility index (Phi) is 7.60. The minimum absolute atomic E-state index is 0.0847. The van der Waals surface area contributed by atoms with E-state index < -0.39 is 10.0 Å². The van der Waals surface area contributed by atoms with Gasteiger partial charge in [0.2, 0.25) is 15.9 Å². The molecule has 1 amide bonds. The summed E-state index contributed by atoms with van der Waals surface area (Å²) >= 11 is 6.16. The number of hydrogen-bond donors (Lipinski definition) is 2. The molecule has 0 unspecified atom stereocenters. The van der Waals surface area contributed by atoms with Gasteiger partial charge in [-0.25, -0.2) is 8.42 Å². The first kappa shape index (κ1) is 22.4. The average Bonchev–Trinajstić information content (AvgIpc) is 2.66. The van der Waals surface area contributed by atoms with Crippen LogP contribution >= 0.6 is 11.6 Å². The van der Waals surface area contributed by atoms with Crippen LogP contribution in [0.3, 0.4) is 0 Å². The van der Waals surface area contributed by atoms with Gasteiger partial charge in [0.25, 0.3) is 0 Å². The van der Waals surface area contributed by atoms with E-state index in [9.17, 15) is 13.2 Å². The van der Waals surface area contributed by atoms with Gasteiger partial charge in [-0.1, -0.05) is 29.8 Å². The van der Waals surface area contributed by atoms with Crippen LogP contribution in [0.25, 0.3) is 0 Å². The Balaban J connectivity index is 1.95. The largest absolute Gasteiger partial charge is 0.325 e.